The van der Waals surface area contributed by atoms with Crippen LogP contribution in [0.4, 0.5) is 5.69 Å². The molecule has 2 aromatic carbocycles. The molecule has 188 valence electrons. The molecule has 8 nitrogen and oxygen atoms in total. The van der Waals surface area contributed by atoms with Crippen LogP contribution in [0.15, 0.2) is 42.5 Å². The van der Waals surface area contributed by atoms with Crippen LogP contribution < -0.4 is 14.4 Å². The third-order valence-electron chi connectivity index (χ3n) is 6.35. The fraction of sp³-hybridized carbons (Fsp3) is 0.462. The number of methoxy groups -OCH3 is 1. The smallest absolute Gasteiger partial charge is 0.256 e. The Bertz CT molecular complexity index is 1070. The normalized spacial score (nSPS) is 19.9. The summed E-state index contributed by atoms with van der Waals surface area (Å²) in [6.07, 6.45) is -0.530. The van der Waals surface area contributed by atoms with E-state index in [2.05, 4.69) is 19.6 Å². The van der Waals surface area contributed by atoms with Crippen molar-refractivity contribution in [3.8, 4) is 11.5 Å². The minimum atomic E-state index is -1.31. The average Bonchev–Trinajstić information content (AvgIpc) is 3.20. The van der Waals surface area contributed by atoms with Crippen molar-refractivity contribution in [2.24, 2.45) is 0 Å². The Hall–Kier alpha value is -2.88. The van der Waals surface area contributed by atoms with Gasteiger partial charge in [0.15, 0.2) is 11.5 Å². The second-order valence-electron chi connectivity index (χ2n) is 10.3. The highest BCUT2D eigenvalue weighted by Crippen LogP contribution is 2.40. The van der Waals surface area contributed by atoms with Crippen LogP contribution in [0.1, 0.15) is 22.3 Å². The number of carbonyl (C=O) groups excluding carboxylic acids is 2. The van der Waals surface area contributed by atoms with Gasteiger partial charge in [-0.25, -0.2) is 0 Å². The summed E-state index contributed by atoms with van der Waals surface area (Å²) in [5.41, 5.74) is 1.74. The highest BCUT2D eigenvalue weighted by atomic mass is 28.3. The Kier molecular flexibility index (Phi) is 7.49. The van der Waals surface area contributed by atoms with E-state index in [4.69, 9.17) is 14.2 Å². The number of amides is 2. The van der Waals surface area contributed by atoms with E-state index in [1.165, 1.54) is 16.9 Å². The quantitative estimate of drug-likeness (QED) is 0.421. The number of rotatable bonds is 9. The molecular formula is C26H34N2O6Si. The number of aliphatic hydroxyl groups is 1. The summed E-state index contributed by atoms with van der Waals surface area (Å²) in [6, 6.07) is 13.3. The number of nitrogens with zero attached hydrogens (tertiary/aromatic N) is 2. The van der Waals surface area contributed by atoms with Crippen molar-refractivity contribution in [2.75, 3.05) is 31.9 Å². The zero-order valence-corrected chi connectivity index (χ0v) is 21.8. The highest BCUT2D eigenvalue weighted by molar-refractivity contribution is 6.76. The first-order valence-corrected chi connectivity index (χ1v) is 15.7. The molecule has 0 radical (unpaired) electrons. The third-order valence-corrected chi connectivity index (χ3v) is 8.05. The van der Waals surface area contributed by atoms with E-state index in [9.17, 15) is 14.7 Å². The zero-order valence-electron chi connectivity index (χ0n) is 20.8. The molecule has 2 heterocycles. The molecule has 2 aliphatic heterocycles. The summed E-state index contributed by atoms with van der Waals surface area (Å²) >= 11 is 0. The van der Waals surface area contributed by atoms with Crippen LogP contribution >= 0.6 is 0 Å². The van der Waals surface area contributed by atoms with E-state index in [0.29, 0.717) is 36.0 Å². The molecule has 9 heteroatoms. The molecular weight excluding hydrogens is 464 g/mol. The molecule has 2 aliphatic rings. The van der Waals surface area contributed by atoms with Crippen molar-refractivity contribution >= 4 is 25.6 Å². The summed E-state index contributed by atoms with van der Waals surface area (Å²) in [6.45, 7) is 7.78. The molecule has 4 rings (SSSR count). The maximum atomic E-state index is 13.6. The van der Waals surface area contributed by atoms with Gasteiger partial charge in [-0.15, -0.1) is 0 Å². The lowest BCUT2D eigenvalue weighted by molar-refractivity contribution is -0.123. The summed E-state index contributed by atoms with van der Waals surface area (Å²) in [5, 5.41) is 10.2. The fourth-order valence-corrected chi connectivity index (χ4v) is 5.10. The number of anilines is 1. The van der Waals surface area contributed by atoms with Gasteiger partial charge in [-0.2, -0.15) is 0 Å². The van der Waals surface area contributed by atoms with Crippen LogP contribution in [0, 0.1) is 0 Å². The Morgan fingerprint density at radius 1 is 1.09 bits per heavy atom. The van der Waals surface area contributed by atoms with Crippen molar-refractivity contribution in [3.63, 3.8) is 0 Å². The molecule has 1 saturated heterocycles. The van der Waals surface area contributed by atoms with Gasteiger partial charge in [0.2, 0.25) is 0 Å². The second-order valence-corrected chi connectivity index (χ2v) is 15.9. The van der Waals surface area contributed by atoms with Crippen molar-refractivity contribution < 1.29 is 28.9 Å². The van der Waals surface area contributed by atoms with Crippen LogP contribution in [0.5, 0.6) is 11.5 Å². The highest BCUT2D eigenvalue weighted by Gasteiger charge is 2.45. The molecule has 2 aromatic rings. The van der Waals surface area contributed by atoms with Gasteiger partial charge < -0.3 is 24.2 Å². The Labute approximate surface area is 207 Å². The number of carbonyl (C=O) groups is 2. The van der Waals surface area contributed by atoms with E-state index in [0.717, 1.165) is 11.6 Å². The molecule has 0 bridgehead atoms. The first-order valence-electron chi connectivity index (χ1n) is 11.9. The number of benzene rings is 2. The molecule has 0 aromatic heterocycles. The van der Waals surface area contributed by atoms with Crippen molar-refractivity contribution in [1.29, 1.82) is 0 Å². The number of hydrogen-bond acceptors (Lipinski definition) is 6. The Morgan fingerprint density at radius 2 is 1.83 bits per heavy atom. The maximum Gasteiger partial charge on any atom is 0.256 e. The Balaban J connectivity index is 1.68. The molecule has 2 atom stereocenters. The fourth-order valence-electron chi connectivity index (χ4n) is 4.34. The van der Waals surface area contributed by atoms with Gasteiger partial charge >= 0.3 is 0 Å². The Morgan fingerprint density at radius 3 is 2.51 bits per heavy atom. The van der Waals surface area contributed by atoms with Crippen molar-refractivity contribution in [2.45, 2.75) is 50.9 Å². The second kappa shape index (κ2) is 10.4. The first-order chi connectivity index (χ1) is 16.7. The van der Waals surface area contributed by atoms with E-state index in [1.54, 1.807) is 12.1 Å². The number of fused-ring (bicyclic) bond motifs is 2. The zero-order chi connectivity index (χ0) is 25.2. The van der Waals surface area contributed by atoms with Gasteiger partial charge in [0, 0.05) is 33.7 Å². The van der Waals surface area contributed by atoms with Crippen molar-refractivity contribution in [1.82, 2.24) is 4.90 Å². The largest absolute Gasteiger partial charge is 0.493 e. The van der Waals surface area contributed by atoms with Crippen molar-refractivity contribution in [3.05, 3.63) is 53.6 Å². The van der Waals surface area contributed by atoms with E-state index in [-0.39, 0.29) is 31.5 Å². The number of aliphatic hydroxyl groups excluding tert-OH is 1. The molecule has 2 amide bonds. The molecule has 35 heavy (non-hydrogen) atoms. The van der Waals surface area contributed by atoms with E-state index >= 15 is 0 Å². The molecule has 0 spiro atoms. The van der Waals surface area contributed by atoms with Crippen LogP contribution in [-0.4, -0.2) is 69.0 Å². The van der Waals surface area contributed by atoms with Crippen LogP contribution in [-0.2, 0) is 16.1 Å². The van der Waals surface area contributed by atoms with Gasteiger partial charge in [0.1, 0.15) is 19.4 Å². The van der Waals surface area contributed by atoms with Crippen LogP contribution in [0.3, 0.4) is 0 Å². The summed E-state index contributed by atoms with van der Waals surface area (Å²) < 4.78 is 17.5. The first kappa shape index (κ1) is 25.2. The lowest BCUT2D eigenvalue weighted by Crippen LogP contribution is -2.45. The lowest BCUT2D eigenvalue weighted by Gasteiger charge is -2.26. The van der Waals surface area contributed by atoms with Gasteiger partial charge in [0.25, 0.3) is 11.8 Å². The van der Waals surface area contributed by atoms with E-state index < -0.39 is 20.2 Å². The maximum absolute atomic E-state index is 13.6. The number of ether oxygens (including phenoxy) is 3. The summed E-state index contributed by atoms with van der Waals surface area (Å²) in [5.74, 6) is 0.261. The van der Waals surface area contributed by atoms with Gasteiger partial charge in [0.05, 0.1) is 24.5 Å². The standard InChI is InChI=1S/C26H34N2O6Si/c1-32-23-13-20-21(14-24(23)34-16-18-8-6-5-7-9-18)28(17-33-10-11-35(2,3)4)26(31)22-12-19(29)15-27(22)25(20)30/h5-9,13-14,19,22,29H,10-12,15-17H2,1-4H3/t19-,22+/m1/s1. The van der Waals surface area contributed by atoms with Gasteiger partial charge in [-0.3, -0.25) is 14.5 Å². The lowest BCUT2D eigenvalue weighted by atomic mass is 10.1. The van der Waals surface area contributed by atoms with Crippen LogP contribution in [0.2, 0.25) is 25.7 Å². The molecule has 0 unspecified atom stereocenters. The molecule has 1 N–H and O–H groups in total. The summed E-state index contributed by atoms with van der Waals surface area (Å²) in [7, 11) is 0.208. The molecule has 0 saturated carbocycles. The van der Waals surface area contributed by atoms with Gasteiger partial charge in [-0.1, -0.05) is 50.0 Å². The molecule has 0 aliphatic carbocycles. The topological polar surface area (TPSA) is 88.5 Å². The third kappa shape index (κ3) is 5.69. The monoisotopic (exact) mass is 498 g/mol. The average molecular weight is 499 g/mol. The summed E-state index contributed by atoms with van der Waals surface area (Å²) in [4.78, 5) is 30.0. The predicted octanol–water partition coefficient (Wildman–Crippen LogP) is 3.51. The van der Waals surface area contributed by atoms with Gasteiger partial charge in [-0.05, 0) is 17.7 Å². The predicted molar refractivity (Wildman–Crippen MR) is 136 cm³/mol. The SMILES string of the molecule is COc1cc2c(cc1OCc1ccccc1)N(COCC[Si](C)(C)C)C(=O)[C@@H]1C[C@@H](O)CN1C2=O. The number of hydrogen-bond donors (Lipinski definition) is 1. The van der Waals surface area contributed by atoms with Crippen LogP contribution in [0.25, 0.3) is 0 Å². The van der Waals surface area contributed by atoms with E-state index in [1.807, 2.05) is 30.3 Å². The minimum Gasteiger partial charge on any atom is -0.493 e. The molecule has 1 fully saturated rings. The minimum absolute atomic E-state index is 0.0223.